The van der Waals surface area contributed by atoms with Gasteiger partial charge in [0.25, 0.3) is 0 Å². The zero-order chi connectivity index (χ0) is 20.3. The molecule has 0 bridgehead atoms. The van der Waals surface area contributed by atoms with Gasteiger partial charge in [0.05, 0.1) is 11.4 Å². The third kappa shape index (κ3) is 4.74. The van der Waals surface area contributed by atoms with E-state index in [0.717, 1.165) is 24.1 Å². The maximum Gasteiger partial charge on any atom is 0.243 e. The number of carbonyl (C=O) groups excluding carboxylic acids is 1. The Hall–Kier alpha value is -1.89. The molecule has 1 aliphatic heterocycles. The highest BCUT2D eigenvalue weighted by atomic mass is 35.5. The van der Waals surface area contributed by atoms with E-state index < -0.39 is 10.0 Å². The molecular formula is C21H25ClN2O3S. The third-order valence-corrected chi connectivity index (χ3v) is 7.50. The van der Waals surface area contributed by atoms with E-state index in [0.29, 0.717) is 29.6 Å². The summed E-state index contributed by atoms with van der Waals surface area (Å²) in [6.07, 6.45) is 1.76. The number of benzene rings is 2. The van der Waals surface area contributed by atoms with Crippen molar-refractivity contribution in [3.05, 3.63) is 58.6 Å². The number of Topliss-reactive ketones (excluding diaryl/α,β-unsaturated/α-hetero) is 1. The Labute approximate surface area is 171 Å². The van der Waals surface area contributed by atoms with E-state index in [9.17, 15) is 13.2 Å². The number of nitrogens with one attached hydrogen (secondary N) is 1. The molecule has 0 spiro atoms. The van der Waals surface area contributed by atoms with Crippen LogP contribution >= 0.6 is 11.6 Å². The van der Waals surface area contributed by atoms with Crippen LogP contribution in [0.4, 0.5) is 5.69 Å². The Morgan fingerprint density at radius 1 is 1.14 bits per heavy atom. The first kappa shape index (κ1) is 20.8. The summed E-state index contributed by atoms with van der Waals surface area (Å²) in [6.45, 7) is 5.26. The second kappa shape index (κ2) is 8.64. The van der Waals surface area contributed by atoms with Crippen molar-refractivity contribution in [3.63, 3.8) is 0 Å². The SMILES string of the molecule is Cc1ccc(NCC(=O)c2ccc(S(=O)(=O)N3CCC(C)CC3)cc2)cc1Cl. The van der Waals surface area contributed by atoms with Crippen molar-refractivity contribution in [3.8, 4) is 0 Å². The van der Waals surface area contributed by atoms with E-state index in [1.807, 2.05) is 19.1 Å². The second-order valence-electron chi connectivity index (χ2n) is 7.35. The summed E-state index contributed by atoms with van der Waals surface area (Å²) in [5.41, 5.74) is 2.21. The Morgan fingerprint density at radius 3 is 2.39 bits per heavy atom. The first-order valence-corrected chi connectivity index (χ1v) is 11.2. The first-order chi connectivity index (χ1) is 13.3. The van der Waals surface area contributed by atoms with Crippen molar-refractivity contribution in [1.82, 2.24) is 4.31 Å². The highest BCUT2D eigenvalue weighted by Crippen LogP contribution is 2.24. The molecule has 0 aliphatic carbocycles. The molecule has 28 heavy (non-hydrogen) atoms. The zero-order valence-corrected chi connectivity index (χ0v) is 17.7. The lowest BCUT2D eigenvalue weighted by atomic mass is 10.0. The molecule has 5 nitrogen and oxygen atoms in total. The molecule has 1 saturated heterocycles. The van der Waals surface area contributed by atoms with Crippen LogP contribution in [0.15, 0.2) is 47.4 Å². The van der Waals surface area contributed by atoms with Gasteiger partial charge in [0.15, 0.2) is 5.78 Å². The van der Waals surface area contributed by atoms with Crippen LogP contribution in [-0.4, -0.2) is 38.1 Å². The minimum absolute atomic E-state index is 0.107. The summed E-state index contributed by atoms with van der Waals surface area (Å²) in [5.74, 6) is 0.440. The molecule has 1 aliphatic rings. The van der Waals surface area contributed by atoms with Gasteiger partial charge in [-0.15, -0.1) is 0 Å². The lowest BCUT2D eigenvalue weighted by Gasteiger charge is -2.29. The van der Waals surface area contributed by atoms with Crippen LogP contribution in [0.3, 0.4) is 0 Å². The van der Waals surface area contributed by atoms with E-state index in [1.54, 1.807) is 18.2 Å². The van der Waals surface area contributed by atoms with Crippen molar-refractivity contribution in [1.29, 1.82) is 0 Å². The lowest BCUT2D eigenvalue weighted by Crippen LogP contribution is -2.37. The van der Waals surface area contributed by atoms with Gasteiger partial charge in [-0.25, -0.2) is 8.42 Å². The summed E-state index contributed by atoms with van der Waals surface area (Å²) in [4.78, 5) is 12.6. The van der Waals surface area contributed by atoms with Crippen LogP contribution in [-0.2, 0) is 10.0 Å². The normalized spacial score (nSPS) is 16.1. The predicted octanol–water partition coefficient (Wildman–Crippen LogP) is 4.36. The molecule has 0 radical (unpaired) electrons. The molecule has 0 atom stereocenters. The number of nitrogens with zero attached hydrogens (tertiary/aromatic N) is 1. The fourth-order valence-electron chi connectivity index (χ4n) is 3.17. The molecule has 1 fully saturated rings. The van der Waals surface area contributed by atoms with Gasteiger partial charge in [0.1, 0.15) is 0 Å². The number of rotatable bonds is 6. The predicted molar refractivity (Wildman–Crippen MR) is 113 cm³/mol. The molecule has 7 heteroatoms. The van der Waals surface area contributed by atoms with E-state index >= 15 is 0 Å². The fourth-order valence-corrected chi connectivity index (χ4v) is 4.82. The zero-order valence-electron chi connectivity index (χ0n) is 16.1. The van der Waals surface area contributed by atoms with Gasteiger partial charge >= 0.3 is 0 Å². The van der Waals surface area contributed by atoms with Gasteiger partial charge < -0.3 is 5.32 Å². The van der Waals surface area contributed by atoms with Crippen molar-refractivity contribution < 1.29 is 13.2 Å². The summed E-state index contributed by atoms with van der Waals surface area (Å²) in [6, 6.07) is 11.7. The summed E-state index contributed by atoms with van der Waals surface area (Å²) in [7, 11) is -3.50. The minimum Gasteiger partial charge on any atom is -0.378 e. The summed E-state index contributed by atoms with van der Waals surface area (Å²) < 4.78 is 27.1. The smallest absolute Gasteiger partial charge is 0.243 e. The fraction of sp³-hybridized carbons (Fsp3) is 0.381. The molecule has 0 saturated carbocycles. The Morgan fingerprint density at radius 2 is 1.79 bits per heavy atom. The minimum atomic E-state index is -3.50. The average Bonchev–Trinajstić information content (AvgIpc) is 2.69. The van der Waals surface area contributed by atoms with Crippen LogP contribution in [0.2, 0.25) is 5.02 Å². The van der Waals surface area contributed by atoms with Crippen molar-refractivity contribution in [2.45, 2.75) is 31.6 Å². The van der Waals surface area contributed by atoms with E-state index in [-0.39, 0.29) is 17.2 Å². The maximum atomic E-state index is 12.8. The van der Waals surface area contributed by atoms with Crippen LogP contribution in [0, 0.1) is 12.8 Å². The number of carbonyl (C=O) groups is 1. The molecule has 2 aromatic rings. The van der Waals surface area contributed by atoms with E-state index in [1.165, 1.54) is 16.4 Å². The van der Waals surface area contributed by atoms with Crippen LogP contribution in [0.25, 0.3) is 0 Å². The molecule has 1 N–H and O–H groups in total. The number of piperidine rings is 1. The standard InChI is InChI=1S/C21H25ClN2O3S/c1-15-9-11-24(12-10-15)28(26,27)19-7-4-17(5-8-19)21(25)14-23-18-6-3-16(2)20(22)13-18/h3-8,13,15,23H,9-12,14H2,1-2H3. The number of hydrogen-bond donors (Lipinski definition) is 1. The number of sulfonamides is 1. The third-order valence-electron chi connectivity index (χ3n) is 5.18. The van der Waals surface area contributed by atoms with Crippen molar-refractivity contribution in [2.24, 2.45) is 5.92 Å². The van der Waals surface area contributed by atoms with Gasteiger partial charge in [-0.1, -0.05) is 24.6 Å². The second-order valence-corrected chi connectivity index (χ2v) is 9.70. The molecule has 3 rings (SSSR count). The lowest BCUT2D eigenvalue weighted by molar-refractivity contribution is 0.101. The highest BCUT2D eigenvalue weighted by Gasteiger charge is 2.28. The van der Waals surface area contributed by atoms with Gasteiger partial charge in [0, 0.05) is 29.4 Å². The van der Waals surface area contributed by atoms with Crippen LogP contribution in [0.1, 0.15) is 35.7 Å². The molecule has 150 valence electrons. The summed E-state index contributed by atoms with van der Waals surface area (Å²) >= 11 is 6.09. The van der Waals surface area contributed by atoms with Gasteiger partial charge in [-0.3, -0.25) is 4.79 Å². The Kier molecular flexibility index (Phi) is 6.43. The molecular weight excluding hydrogens is 396 g/mol. The largest absolute Gasteiger partial charge is 0.378 e. The molecule has 0 unspecified atom stereocenters. The number of ketones is 1. The number of aryl methyl sites for hydroxylation is 1. The average molecular weight is 421 g/mol. The van der Waals surface area contributed by atoms with E-state index in [2.05, 4.69) is 12.2 Å². The quantitative estimate of drug-likeness (QED) is 0.705. The van der Waals surface area contributed by atoms with Crippen molar-refractivity contribution in [2.75, 3.05) is 25.0 Å². The molecule has 2 aromatic carbocycles. The van der Waals surface area contributed by atoms with Crippen LogP contribution < -0.4 is 5.32 Å². The topological polar surface area (TPSA) is 66.5 Å². The summed E-state index contributed by atoms with van der Waals surface area (Å²) in [5, 5.41) is 3.69. The molecule has 0 amide bonds. The monoisotopic (exact) mass is 420 g/mol. The van der Waals surface area contributed by atoms with Crippen molar-refractivity contribution >= 4 is 33.1 Å². The highest BCUT2D eigenvalue weighted by molar-refractivity contribution is 7.89. The van der Waals surface area contributed by atoms with Gasteiger partial charge in [-0.2, -0.15) is 4.31 Å². The Bertz CT molecular complexity index is 950. The van der Waals surface area contributed by atoms with Gasteiger partial charge in [0.2, 0.25) is 10.0 Å². The van der Waals surface area contributed by atoms with E-state index in [4.69, 9.17) is 11.6 Å². The van der Waals surface area contributed by atoms with Gasteiger partial charge in [-0.05, 0) is 67.6 Å². The number of halogens is 1. The number of hydrogen-bond acceptors (Lipinski definition) is 4. The maximum absolute atomic E-state index is 12.8. The Balaban J connectivity index is 1.64. The number of anilines is 1. The molecule has 1 heterocycles. The first-order valence-electron chi connectivity index (χ1n) is 9.41. The molecule has 0 aromatic heterocycles. The van der Waals surface area contributed by atoms with Crippen LogP contribution in [0.5, 0.6) is 0 Å².